The third-order valence-corrected chi connectivity index (χ3v) is 3.60. The van der Waals surface area contributed by atoms with E-state index in [1.807, 2.05) is 0 Å². The second-order valence-electron chi connectivity index (χ2n) is 4.94. The fourth-order valence-corrected chi connectivity index (χ4v) is 2.30. The fraction of sp³-hybridized carbons (Fsp3) is 0. The van der Waals surface area contributed by atoms with Crippen molar-refractivity contribution in [1.82, 2.24) is 10.3 Å². The number of carbonyl (C=O) groups is 3. The first-order valence-corrected chi connectivity index (χ1v) is 7.30. The van der Waals surface area contributed by atoms with Crippen molar-refractivity contribution in [2.75, 3.05) is 5.32 Å². The van der Waals surface area contributed by atoms with Crippen molar-refractivity contribution in [1.29, 1.82) is 0 Å². The molecule has 25 heavy (non-hydrogen) atoms. The summed E-state index contributed by atoms with van der Waals surface area (Å²) in [5.41, 5.74) is 1.22. The SMILES string of the molecule is O=C(NC(=O)c1ccc2ncoc2c1)Nc1ccc(Cl)c(C(=O)O)c1. The summed E-state index contributed by atoms with van der Waals surface area (Å²) in [6, 6.07) is 7.66. The van der Waals surface area contributed by atoms with Gasteiger partial charge < -0.3 is 14.8 Å². The summed E-state index contributed by atoms with van der Waals surface area (Å²) in [5.74, 6) is -1.88. The lowest BCUT2D eigenvalue weighted by molar-refractivity contribution is 0.0696. The number of halogens is 1. The van der Waals surface area contributed by atoms with Crippen LogP contribution in [0.15, 0.2) is 47.2 Å². The van der Waals surface area contributed by atoms with Crippen molar-refractivity contribution in [3.8, 4) is 0 Å². The molecule has 3 rings (SSSR count). The van der Waals surface area contributed by atoms with E-state index in [0.717, 1.165) is 0 Å². The third kappa shape index (κ3) is 3.59. The Labute approximate surface area is 145 Å². The minimum atomic E-state index is -1.23. The van der Waals surface area contributed by atoms with Gasteiger partial charge in [0.2, 0.25) is 0 Å². The van der Waals surface area contributed by atoms with Gasteiger partial charge in [-0.15, -0.1) is 0 Å². The molecule has 2 aromatic carbocycles. The highest BCUT2D eigenvalue weighted by molar-refractivity contribution is 6.33. The number of nitrogens with one attached hydrogen (secondary N) is 2. The van der Waals surface area contributed by atoms with Crippen LogP contribution in [0.4, 0.5) is 10.5 Å². The summed E-state index contributed by atoms with van der Waals surface area (Å²) in [4.78, 5) is 39.0. The quantitative estimate of drug-likeness (QED) is 0.660. The van der Waals surface area contributed by atoms with Crippen LogP contribution in [-0.2, 0) is 0 Å². The Morgan fingerprint density at radius 3 is 2.68 bits per heavy atom. The average Bonchev–Trinajstić information content (AvgIpc) is 3.03. The molecule has 1 heterocycles. The minimum Gasteiger partial charge on any atom is -0.478 e. The largest absolute Gasteiger partial charge is 0.478 e. The zero-order valence-electron chi connectivity index (χ0n) is 12.4. The van der Waals surface area contributed by atoms with Gasteiger partial charge in [0.05, 0.1) is 10.6 Å². The molecule has 0 unspecified atom stereocenters. The van der Waals surface area contributed by atoms with Crippen LogP contribution in [0.3, 0.4) is 0 Å². The van der Waals surface area contributed by atoms with E-state index in [4.69, 9.17) is 21.1 Å². The molecule has 3 aromatic rings. The molecule has 3 N–H and O–H groups in total. The molecule has 0 atom stereocenters. The van der Waals surface area contributed by atoms with Crippen LogP contribution < -0.4 is 10.6 Å². The number of amides is 3. The smallest absolute Gasteiger partial charge is 0.337 e. The topological polar surface area (TPSA) is 122 Å². The van der Waals surface area contributed by atoms with Crippen LogP contribution in [0.1, 0.15) is 20.7 Å². The molecule has 1 aromatic heterocycles. The number of rotatable bonds is 3. The lowest BCUT2D eigenvalue weighted by Gasteiger charge is -2.08. The number of carbonyl (C=O) groups excluding carboxylic acids is 2. The van der Waals surface area contributed by atoms with E-state index in [9.17, 15) is 14.4 Å². The maximum Gasteiger partial charge on any atom is 0.337 e. The van der Waals surface area contributed by atoms with E-state index in [1.54, 1.807) is 6.07 Å². The number of anilines is 1. The second kappa shape index (κ2) is 6.62. The Morgan fingerprint density at radius 2 is 1.92 bits per heavy atom. The summed E-state index contributed by atoms with van der Waals surface area (Å²) < 4.78 is 5.10. The van der Waals surface area contributed by atoms with Gasteiger partial charge in [0, 0.05) is 11.3 Å². The van der Waals surface area contributed by atoms with Gasteiger partial charge in [-0.3, -0.25) is 10.1 Å². The summed E-state index contributed by atoms with van der Waals surface area (Å²) >= 11 is 5.75. The van der Waals surface area contributed by atoms with Crippen LogP contribution in [0.2, 0.25) is 5.02 Å². The van der Waals surface area contributed by atoms with Crippen LogP contribution in [0.5, 0.6) is 0 Å². The predicted octanol–water partition coefficient (Wildman–Crippen LogP) is 3.14. The number of imide groups is 1. The van der Waals surface area contributed by atoms with Gasteiger partial charge in [-0.05, 0) is 36.4 Å². The molecular weight excluding hydrogens is 350 g/mol. The normalized spacial score (nSPS) is 10.4. The van der Waals surface area contributed by atoms with Crippen molar-refractivity contribution in [3.05, 3.63) is 58.9 Å². The average molecular weight is 360 g/mol. The molecule has 9 heteroatoms. The van der Waals surface area contributed by atoms with E-state index in [-0.39, 0.29) is 21.8 Å². The fourth-order valence-electron chi connectivity index (χ4n) is 2.10. The summed E-state index contributed by atoms with van der Waals surface area (Å²) in [7, 11) is 0. The van der Waals surface area contributed by atoms with Crippen molar-refractivity contribution >= 4 is 46.3 Å². The Balaban J connectivity index is 1.70. The number of carboxylic acids is 1. The molecule has 0 saturated heterocycles. The van der Waals surface area contributed by atoms with Crippen molar-refractivity contribution in [2.24, 2.45) is 0 Å². The van der Waals surface area contributed by atoms with E-state index in [2.05, 4.69) is 15.6 Å². The summed E-state index contributed by atoms with van der Waals surface area (Å²) in [6.45, 7) is 0. The first-order valence-electron chi connectivity index (χ1n) is 6.92. The van der Waals surface area contributed by atoms with Crippen molar-refractivity contribution in [2.45, 2.75) is 0 Å². The minimum absolute atomic E-state index is 0.0369. The first-order chi connectivity index (χ1) is 11.9. The molecule has 126 valence electrons. The lowest BCUT2D eigenvalue weighted by Crippen LogP contribution is -2.34. The number of fused-ring (bicyclic) bond motifs is 1. The number of aromatic nitrogens is 1. The summed E-state index contributed by atoms with van der Waals surface area (Å²) in [6.07, 6.45) is 1.25. The van der Waals surface area contributed by atoms with Crippen LogP contribution >= 0.6 is 11.6 Å². The van der Waals surface area contributed by atoms with E-state index >= 15 is 0 Å². The number of aromatic carboxylic acids is 1. The molecule has 0 aliphatic heterocycles. The number of nitrogens with zero attached hydrogens (tertiary/aromatic N) is 1. The standard InChI is InChI=1S/C16H10ClN3O5/c17-11-3-2-9(6-10(11)15(22)23)19-16(24)20-14(21)8-1-4-12-13(5-8)25-7-18-12/h1-7H,(H,22,23)(H2,19,20,21,24). The first kappa shape index (κ1) is 16.5. The van der Waals surface area contributed by atoms with Gasteiger partial charge in [0.1, 0.15) is 5.52 Å². The van der Waals surface area contributed by atoms with Gasteiger partial charge >= 0.3 is 12.0 Å². The van der Waals surface area contributed by atoms with Crippen LogP contribution in [-0.4, -0.2) is 28.0 Å². The highest BCUT2D eigenvalue weighted by atomic mass is 35.5. The zero-order valence-corrected chi connectivity index (χ0v) is 13.2. The molecule has 0 aliphatic rings. The Morgan fingerprint density at radius 1 is 1.12 bits per heavy atom. The molecule has 0 fully saturated rings. The van der Waals surface area contributed by atoms with E-state index in [1.165, 1.54) is 36.7 Å². The van der Waals surface area contributed by atoms with Gasteiger partial charge in [0.15, 0.2) is 12.0 Å². The van der Waals surface area contributed by atoms with Gasteiger partial charge in [0.25, 0.3) is 5.91 Å². The molecule has 0 bridgehead atoms. The summed E-state index contributed by atoms with van der Waals surface area (Å²) in [5, 5.41) is 13.5. The number of oxazole rings is 1. The van der Waals surface area contributed by atoms with Crippen molar-refractivity contribution in [3.63, 3.8) is 0 Å². The number of hydrogen-bond acceptors (Lipinski definition) is 5. The third-order valence-electron chi connectivity index (χ3n) is 3.28. The molecule has 0 spiro atoms. The number of hydrogen-bond donors (Lipinski definition) is 3. The maximum atomic E-state index is 12.1. The lowest BCUT2D eigenvalue weighted by atomic mass is 10.2. The highest BCUT2D eigenvalue weighted by Crippen LogP contribution is 2.20. The Bertz CT molecular complexity index is 998. The van der Waals surface area contributed by atoms with Crippen LogP contribution in [0, 0.1) is 0 Å². The molecule has 3 amide bonds. The zero-order chi connectivity index (χ0) is 18.0. The molecule has 0 radical (unpaired) electrons. The van der Waals surface area contributed by atoms with Gasteiger partial charge in [-0.25, -0.2) is 14.6 Å². The molecular formula is C16H10ClN3O5. The Hall–Kier alpha value is -3.39. The monoisotopic (exact) mass is 359 g/mol. The van der Waals surface area contributed by atoms with E-state index in [0.29, 0.717) is 11.1 Å². The number of urea groups is 1. The number of carboxylic acid groups (broad SMARTS) is 1. The van der Waals surface area contributed by atoms with E-state index < -0.39 is 17.9 Å². The predicted molar refractivity (Wildman–Crippen MR) is 88.9 cm³/mol. The number of benzene rings is 2. The molecule has 0 aliphatic carbocycles. The second-order valence-corrected chi connectivity index (χ2v) is 5.35. The van der Waals surface area contributed by atoms with Gasteiger partial charge in [-0.2, -0.15) is 0 Å². The Kier molecular flexibility index (Phi) is 4.36. The van der Waals surface area contributed by atoms with Gasteiger partial charge in [-0.1, -0.05) is 11.6 Å². The van der Waals surface area contributed by atoms with Crippen LogP contribution in [0.25, 0.3) is 11.1 Å². The molecule has 8 nitrogen and oxygen atoms in total. The maximum absolute atomic E-state index is 12.1. The highest BCUT2D eigenvalue weighted by Gasteiger charge is 2.14. The van der Waals surface area contributed by atoms with Crippen molar-refractivity contribution < 1.29 is 23.9 Å². The molecule has 0 saturated carbocycles.